The molecular formula is C15H12ClN3O2. The third kappa shape index (κ3) is 2.36. The third-order valence-electron chi connectivity index (χ3n) is 3.34. The molecule has 0 aliphatic carbocycles. The first-order valence-electron chi connectivity index (χ1n) is 6.38. The number of hydrogen-bond donors (Lipinski definition) is 1. The Morgan fingerprint density at radius 3 is 2.71 bits per heavy atom. The van der Waals surface area contributed by atoms with Gasteiger partial charge in [-0.1, -0.05) is 41.9 Å². The first kappa shape index (κ1) is 13.6. The van der Waals surface area contributed by atoms with Crippen molar-refractivity contribution >= 4 is 23.2 Å². The number of hydrogen-bond acceptors (Lipinski definition) is 3. The molecule has 106 valence electrons. The van der Waals surface area contributed by atoms with Gasteiger partial charge in [0.2, 0.25) is 0 Å². The fourth-order valence-corrected chi connectivity index (χ4v) is 2.58. The highest BCUT2D eigenvalue weighted by atomic mass is 35.5. The quantitative estimate of drug-likeness (QED) is 0.755. The van der Waals surface area contributed by atoms with Gasteiger partial charge in [-0.3, -0.25) is 0 Å². The zero-order valence-corrected chi connectivity index (χ0v) is 12.0. The lowest BCUT2D eigenvalue weighted by Crippen LogP contribution is -2.05. The molecule has 0 bridgehead atoms. The van der Waals surface area contributed by atoms with Crippen LogP contribution in [-0.4, -0.2) is 25.7 Å². The second kappa shape index (κ2) is 5.18. The molecule has 0 aliphatic heterocycles. The monoisotopic (exact) mass is 301 g/mol. The summed E-state index contributed by atoms with van der Waals surface area (Å²) in [6.45, 7) is 1.82. The zero-order chi connectivity index (χ0) is 15.0. The van der Waals surface area contributed by atoms with Crippen LogP contribution >= 0.6 is 11.6 Å². The molecule has 5 nitrogen and oxygen atoms in total. The van der Waals surface area contributed by atoms with E-state index in [2.05, 4.69) is 10.1 Å². The highest BCUT2D eigenvalue weighted by Gasteiger charge is 2.18. The minimum atomic E-state index is -1.07. The van der Waals surface area contributed by atoms with Crippen molar-refractivity contribution in [3.63, 3.8) is 0 Å². The van der Waals surface area contributed by atoms with Gasteiger partial charge in [0.1, 0.15) is 10.7 Å². The number of aromatic nitrogens is 3. The Morgan fingerprint density at radius 2 is 2.05 bits per heavy atom. The molecule has 0 saturated carbocycles. The molecule has 2 heterocycles. The zero-order valence-electron chi connectivity index (χ0n) is 11.2. The van der Waals surface area contributed by atoms with Crippen LogP contribution < -0.4 is 0 Å². The second-order valence-electron chi connectivity index (χ2n) is 4.73. The lowest BCUT2D eigenvalue weighted by Gasteiger charge is -2.09. The Labute approximate surface area is 125 Å². The van der Waals surface area contributed by atoms with Crippen molar-refractivity contribution in [2.75, 3.05) is 0 Å². The van der Waals surface area contributed by atoms with E-state index in [1.165, 1.54) is 10.7 Å². The van der Waals surface area contributed by atoms with Crippen molar-refractivity contribution in [1.29, 1.82) is 0 Å². The van der Waals surface area contributed by atoms with E-state index >= 15 is 0 Å². The van der Waals surface area contributed by atoms with E-state index in [1.54, 1.807) is 0 Å². The Balaban J connectivity index is 2.14. The standard InChI is InChI=1S/C15H12ClN3O2/c1-9-11(7-10-5-3-2-4-6-10)13(16)19-14(18-9)12(8-17-19)15(20)21/h2-6,8H,7H2,1H3,(H,20,21). The molecule has 0 radical (unpaired) electrons. The second-order valence-corrected chi connectivity index (χ2v) is 5.09. The van der Waals surface area contributed by atoms with Crippen LogP contribution in [0.2, 0.25) is 5.15 Å². The maximum absolute atomic E-state index is 11.1. The van der Waals surface area contributed by atoms with E-state index in [0.29, 0.717) is 17.3 Å². The summed E-state index contributed by atoms with van der Waals surface area (Å²) in [5.41, 5.74) is 2.97. The highest BCUT2D eigenvalue weighted by Crippen LogP contribution is 2.24. The summed E-state index contributed by atoms with van der Waals surface area (Å²) < 4.78 is 1.37. The summed E-state index contributed by atoms with van der Waals surface area (Å²) in [5.74, 6) is -1.07. The molecule has 1 N–H and O–H groups in total. The fourth-order valence-electron chi connectivity index (χ4n) is 2.25. The highest BCUT2D eigenvalue weighted by molar-refractivity contribution is 6.30. The summed E-state index contributed by atoms with van der Waals surface area (Å²) in [4.78, 5) is 15.5. The van der Waals surface area contributed by atoms with Gasteiger partial charge in [-0.25, -0.2) is 14.3 Å². The first-order chi connectivity index (χ1) is 10.1. The Morgan fingerprint density at radius 1 is 1.33 bits per heavy atom. The molecular weight excluding hydrogens is 290 g/mol. The molecule has 3 aromatic rings. The molecule has 0 fully saturated rings. The molecule has 0 aliphatic rings. The fraction of sp³-hybridized carbons (Fsp3) is 0.133. The minimum absolute atomic E-state index is 0.0475. The van der Waals surface area contributed by atoms with Crippen molar-refractivity contribution in [3.8, 4) is 0 Å². The van der Waals surface area contributed by atoms with Crippen LogP contribution in [0.4, 0.5) is 0 Å². The molecule has 3 rings (SSSR count). The van der Waals surface area contributed by atoms with E-state index in [9.17, 15) is 4.79 Å². The number of carbonyl (C=O) groups is 1. The van der Waals surface area contributed by atoms with E-state index in [-0.39, 0.29) is 11.2 Å². The van der Waals surface area contributed by atoms with Gasteiger partial charge in [-0.2, -0.15) is 5.10 Å². The van der Waals surface area contributed by atoms with Crippen molar-refractivity contribution in [1.82, 2.24) is 14.6 Å². The van der Waals surface area contributed by atoms with Crippen LogP contribution in [0.3, 0.4) is 0 Å². The van der Waals surface area contributed by atoms with E-state index < -0.39 is 5.97 Å². The van der Waals surface area contributed by atoms with Gasteiger partial charge in [0.05, 0.1) is 6.20 Å². The number of aromatic carboxylic acids is 1. The summed E-state index contributed by atoms with van der Waals surface area (Å²) >= 11 is 6.38. The number of rotatable bonds is 3. The van der Waals surface area contributed by atoms with Crippen molar-refractivity contribution < 1.29 is 9.90 Å². The van der Waals surface area contributed by atoms with E-state index in [1.807, 2.05) is 37.3 Å². The predicted octanol–water partition coefficient (Wildman–Crippen LogP) is 2.98. The molecule has 2 aromatic heterocycles. The summed E-state index contributed by atoms with van der Waals surface area (Å²) in [6, 6.07) is 9.88. The predicted molar refractivity (Wildman–Crippen MR) is 78.9 cm³/mol. The molecule has 0 unspecified atom stereocenters. The van der Waals surface area contributed by atoms with E-state index in [0.717, 1.165) is 11.1 Å². The molecule has 0 spiro atoms. The van der Waals surface area contributed by atoms with Gasteiger partial charge < -0.3 is 5.11 Å². The minimum Gasteiger partial charge on any atom is -0.477 e. The van der Waals surface area contributed by atoms with Gasteiger partial charge in [0, 0.05) is 17.7 Å². The molecule has 21 heavy (non-hydrogen) atoms. The van der Waals surface area contributed by atoms with Gasteiger partial charge in [0.25, 0.3) is 0 Å². The van der Waals surface area contributed by atoms with Crippen molar-refractivity contribution in [2.24, 2.45) is 0 Å². The lowest BCUT2D eigenvalue weighted by atomic mass is 10.1. The molecule has 0 amide bonds. The number of carboxylic acids is 1. The number of benzene rings is 1. The van der Waals surface area contributed by atoms with Crippen LogP contribution in [0.1, 0.15) is 27.2 Å². The van der Waals surface area contributed by atoms with Crippen LogP contribution in [0.15, 0.2) is 36.5 Å². The van der Waals surface area contributed by atoms with Crippen molar-refractivity contribution in [2.45, 2.75) is 13.3 Å². The van der Waals surface area contributed by atoms with Crippen LogP contribution in [0.25, 0.3) is 5.65 Å². The number of carboxylic acid groups (broad SMARTS) is 1. The van der Waals surface area contributed by atoms with E-state index in [4.69, 9.17) is 16.7 Å². The normalized spacial score (nSPS) is 11.0. The molecule has 0 atom stereocenters. The largest absolute Gasteiger partial charge is 0.477 e. The van der Waals surface area contributed by atoms with Gasteiger partial charge in [-0.15, -0.1) is 0 Å². The molecule has 0 saturated heterocycles. The number of aryl methyl sites for hydroxylation is 1. The van der Waals surface area contributed by atoms with Gasteiger partial charge >= 0.3 is 5.97 Å². The lowest BCUT2D eigenvalue weighted by molar-refractivity contribution is 0.0699. The summed E-state index contributed by atoms with van der Waals surface area (Å²) in [5, 5.41) is 13.5. The molecule has 6 heteroatoms. The Hall–Kier alpha value is -2.40. The average molecular weight is 302 g/mol. The Bertz CT molecular complexity index is 828. The van der Waals surface area contributed by atoms with Gasteiger partial charge in [-0.05, 0) is 12.5 Å². The van der Waals surface area contributed by atoms with Crippen LogP contribution in [0.5, 0.6) is 0 Å². The van der Waals surface area contributed by atoms with Crippen molar-refractivity contribution in [3.05, 3.63) is 64.1 Å². The first-order valence-corrected chi connectivity index (χ1v) is 6.75. The van der Waals surface area contributed by atoms with Crippen LogP contribution in [0, 0.1) is 6.92 Å². The van der Waals surface area contributed by atoms with Crippen LogP contribution in [-0.2, 0) is 6.42 Å². The SMILES string of the molecule is Cc1nc2c(C(=O)O)cnn2c(Cl)c1Cc1ccccc1. The smallest absolute Gasteiger partial charge is 0.341 e. The molecule has 1 aromatic carbocycles. The third-order valence-corrected chi connectivity index (χ3v) is 3.73. The number of fused-ring (bicyclic) bond motifs is 1. The topological polar surface area (TPSA) is 67.5 Å². The number of nitrogens with zero attached hydrogens (tertiary/aromatic N) is 3. The number of halogens is 1. The van der Waals surface area contributed by atoms with Gasteiger partial charge in [0.15, 0.2) is 5.65 Å². The average Bonchev–Trinajstić information content (AvgIpc) is 2.88. The maximum Gasteiger partial charge on any atom is 0.341 e. The summed E-state index contributed by atoms with van der Waals surface area (Å²) in [7, 11) is 0. The Kier molecular flexibility index (Phi) is 3.35. The summed E-state index contributed by atoms with van der Waals surface area (Å²) in [6.07, 6.45) is 1.89. The maximum atomic E-state index is 11.1.